The van der Waals surface area contributed by atoms with E-state index in [0.717, 1.165) is 0 Å². The van der Waals surface area contributed by atoms with Crippen LogP contribution in [0.1, 0.15) is 0 Å². The summed E-state index contributed by atoms with van der Waals surface area (Å²) in [6, 6.07) is 0. The summed E-state index contributed by atoms with van der Waals surface area (Å²) in [4.78, 5) is 0. The van der Waals surface area contributed by atoms with Crippen molar-refractivity contribution in [2.45, 2.75) is 0 Å². The Balaban J connectivity index is 2.53. The van der Waals surface area contributed by atoms with Crippen LogP contribution in [0, 0.1) is 0 Å². The molecule has 0 aromatic rings. The van der Waals surface area contributed by atoms with Crippen LogP contribution in [0.25, 0.3) is 0 Å². The van der Waals surface area contributed by atoms with Gasteiger partial charge >= 0.3 is 0 Å². The fourth-order valence-corrected chi connectivity index (χ4v) is 3.32. The molecule has 1 aliphatic rings. The van der Waals surface area contributed by atoms with Crippen LogP contribution in [0.3, 0.4) is 0 Å². The lowest BCUT2D eigenvalue weighted by Gasteiger charge is -2.08. The first-order chi connectivity index (χ1) is 4.24. The van der Waals surface area contributed by atoms with Gasteiger partial charge in [-0.1, -0.05) is 0 Å². The standard InChI is InChI=1S/C4H11N3PS/c1-6-4-8(9-3)7(2)5-6/h4-5H,1-3H3/q+1. The molecule has 0 aliphatic carbocycles. The second kappa shape index (κ2) is 2.86. The minimum Gasteiger partial charge on any atom is -0.136 e. The van der Waals surface area contributed by atoms with Crippen LogP contribution in [0.15, 0.2) is 0 Å². The van der Waals surface area contributed by atoms with E-state index in [2.05, 4.69) is 29.6 Å². The minimum absolute atomic E-state index is 0.104. The van der Waals surface area contributed by atoms with Crippen LogP contribution in [0.2, 0.25) is 0 Å². The zero-order valence-corrected chi connectivity index (χ0v) is 7.54. The van der Waals surface area contributed by atoms with Gasteiger partial charge in [-0.2, -0.15) is 0 Å². The van der Waals surface area contributed by atoms with Gasteiger partial charge in [0.15, 0.2) is 7.05 Å². The SMILES string of the molecule is CSP1C=[N+](C)NN1C. The third-order valence-electron chi connectivity index (χ3n) is 1.06. The zero-order valence-electron chi connectivity index (χ0n) is 5.83. The van der Waals surface area contributed by atoms with Crippen LogP contribution in [-0.2, 0) is 0 Å². The third-order valence-corrected chi connectivity index (χ3v) is 4.80. The molecule has 0 amide bonds. The number of hydrogen-bond acceptors (Lipinski definition) is 3. The van der Waals surface area contributed by atoms with Crippen molar-refractivity contribution >= 4 is 24.6 Å². The molecule has 0 fully saturated rings. The molecule has 1 heterocycles. The Morgan fingerprint density at radius 2 is 2.44 bits per heavy atom. The summed E-state index contributed by atoms with van der Waals surface area (Å²) in [5.74, 6) is 2.19. The van der Waals surface area contributed by atoms with Crippen LogP contribution in [-0.4, -0.2) is 35.8 Å². The van der Waals surface area contributed by atoms with Crippen molar-refractivity contribution in [3.05, 3.63) is 0 Å². The maximum Gasteiger partial charge on any atom is 0.219 e. The molecule has 52 valence electrons. The predicted octanol–water partition coefficient (Wildman–Crippen LogP) is 0.697. The molecule has 9 heavy (non-hydrogen) atoms. The Morgan fingerprint density at radius 1 is 1.78 bits per heavy atom. The molecule has 0 radical (unpaired) electrons. The Bertz CT molecular complexity index is 138. The molecule has 1 rings (SSSR count). The van der Waals surface area contributed by atoms with E-state index in [1.165, 1.54) is 0 Å². The summed E-state index contributed by atoms with van der Waals surface area (Å²) in [7, 11) is 3.96. The van der Waals surface area contributed by atoms with Crippen molar-refractivity contribution in [2.24, 2.45) is 0 Å². The number of nitrogens with zero attached hydrogens (tertiary/aromatic N) is 2. The lowest BCUT2D eigenvalue weighted by atomic mass is 11.3. The quantitative estimate of drug-likeness (QED) is 0.454. The Hall–Kier alpha value is 0.210. The van der Waals surface area contributed by atoms with E-state index in [4.69, 9.17) is 0 Å². The van der Waals surface area contributed by atoms with Gasteiger partial charge in [-0.25, -0.2) is 0 Å². The molecule has 0 aromatic carbocycles. The molecule has 0 saturated carbocycles. The number of rotatable bonds is 1. The molecule has 0 spiro atoms. The summed E-state index contributed by atoms with van der Waals surface area (Å²) in [6.45, 7) is 0. The summed E-state index contributed by atoms with van der Waals surface area (Å²) >= 11 is 1.88. The summed E-state index contributed by atoms with van der Waals surface area (Å²) < 4.78 is 4.11. The highest BCUT2D eigenvalue weighted by molar-refractivity contribution is 8.58. The van der Waals surface area contributed by atoms with Gasteiger partial charge in [0.25, 0.3) is 0 Å². The van der Waals surface area contributed by atoms with Gasteiger partial charge in [-0.3, -0.25) is 0 Å². The van der Waals surface area contributed by atoms with Gasteiger partial charge in [0, 0.05) is 7.05 Å². The van der Waals surface area contributed by atoms with Crippen LogP contribution < -0.4 is 5.53 Å². The van der Waals surface area contributed by atoms with Gasteiger partial charge in [-0.15, -0.1) is 26.4 Å². The number of hydrazone groups is 1. The van der Waals surface area contributed by atoms with Gasteiger partial charge < -0.3 is 0 Å². The molecule has 1 unspecified atom stereocenters. The van der Waals surface area contributed by atoms with E-state index in [9.17, 15) is 0 Å². The average Bonchev–Trinajstić information content (AvgIpc) is 2.10. The van der Waals surface area contributed by atoms with Crippen molar-refractivity contribution in [1.29, 1.82) is 0 Å². The molecule has 0 bridgehead atoms. The lowest BCUT2D eigenvalue weighted by molar-refractivity contribution is -0.571. The van der Waals surface area contributed by atoms with Gasteiger partial charge in [-0.05, 0) is 6.26 Å². The molecule has 3 nitrogen and oxygen atoms in total. The monoisotopic (exact) mass is 164 g/mol. The van der Waals surface area contributed by atoms with Gasteiger partial charge in [0.1, 0.15) is 7.27 Å². The van der Waals surface area contributed by atoms with Crippen molar-refractivity contribution in [1.82, 2.24) is 10.3 Å². The molecule has 0 saturated heterocycles. The van der Waals surface area contributed by atoms with Crippen LogP contribution in [0.4, 0.5) is 0 Å². The molecular weight excluding hydrogens is 153 g/mol. The van der Waals surface area contributed by atoms with Gasteiger partial charge in [0.05, 0.1) is 0 Å². The van der Waals surface area contributed by atoms with Crippen molar-refractivity contribution in [3.63, 3.8) is 0 Å². The largest absolute Gasteiger partial charge is 0.219 e. The van der Waals surface area contributed by atoms with E-state index in [1.54, 1.807) is 0 Å². The second-order valence-corrected chi connectivity index (χ2v) is 5.85. The first kappa shape index (κ1) is 7.32. The highest BCUT2D eigenvalue weighted by atomic mass is 32.7. The fraction of sp³-hybridized carbons (Fsp3) is 0.750. The van der Waals surface area contributed by atoms with E-state index in [1.807, 2.05) is 23.1 Å². The molecule has 1 aliphatic heterocycles. The normalized spacial score (nSPS) is 27.9. The van der Waals surface area contributed by atoms with Gasteiger partial charge in [0.2, 0.25) is 5.96 Å². The van der Waals surface area contributed by atoms with E-state index < -0.39 is 0 Å². The summed E-state index contributed by atoms with van der Waals surface area (Å²) in [6.07, 6.45) is 2.12. The van der Waals surface area contributed by atoms with Crippen molar-refractivity contribution in [3.8, 4) is 0 Å². The molecule has 1 N–H and O–H groups in total. The smallest absolute Gasteiger partial charge is 0.136 e. The molecular formula is C4H11N3PS+. The Kier molecular flexibility index (Phi) is 2.33. The van der Waals surface area contributed by atoms with E-state index in [0.29, 0.717) is 0 Å². The molecule has 0 aromatic heterocycles. The number of nitrogens with one attached hydrogen (secondary N) is 1. The Morgan fingerprint density at radius 3 is 2.67 bits per heavy atom. The maximum absolute atomic E-state index is 3.14. The van der Waals surface area contributed by atoms with E-state index in [-0.39, 0.29) is 7.27 Å². The highest BCUT2D eigenvalue weighted by Crippen LogP contribution is 2.48. The lowest BCUT2D eigenvalue weighted by Crippen LogP contribution is -2.29. The Labute approximate surface area is 60.6 Å². The summed E-state index contributed by atoms with van der Waals surface area (Å²) in [5, 5.41) is 0. The van der Waals surface area contributed by atoms with Crippen LogP contribution in [0.5, 0.6) is 0 Å². The fourth-order valence-electron chi connectivity index (χ4n) is 0.693. The number of hydrogen-bond donors (Lipinski definition) is 1. The highest BCUT2D eigenvalue weighted by Gasteiger charge is 2.23. The second-order valence-electron chi connectivity index (χ2n) is 1.84. The van der Waals surface area contributed by atoms with E-state index >= 15 is 0 Å². The molecule has 1 atom stereocenters. The van der Waals surface area contributed by atoms with Crippen LogP contribution >= 0.6 is 18.7 Å². The third kappa shape index (κ3) is 1.57. The first-order valence-corrected chi connectivity index (χ1v) is 5.84. The summed E-state index contributed by atoms with van der Waals surface area (Å²) in [5.41, 5.74) is 3.14. The minimum atomic E-state index is -0.104. The number of hydrazine groups is 2. The topological polar surface area (TPSA) is 18.3 Å². The van der Waals surface area contributed by atoms with Crippen molar-refractivity contribution < 1.29 is 4.68 Å². The predicted molar refractivity (Wildman–Crippen MR) is 43.6 cm³/mol. The van der Waals surface area contributed by atoms with Crippen molar-refractivity contribution in [2.75, 3.05) is 20.4 Å². The average molecular weight is 164 g/mol. The zero-order chi connectivity index (χ0) is 6.85. The maximum atomic E-state index is 3.14. The first-order valence-electron chi connectivity index (χ1n) is 2.65. The molecule has 5 heteroatoms.